The predicted octanol–water partition coefficient (Wildman–Crippen LogP) is 1.96. The van der Waals surface area contributed by atoms with Gasteiger partial charge in [0.15, 0.2) is 5.79 Å². The number of ether oxygens (including phenoxy) is 4. The molecule has 28 heavy (non-hydrogen) atoms. The van der Waals surface area contributed by atoms with E-state index in [1.54, 1.807) is 13.8 Å². The molecule has 4 rings (SSSR count). The van der Waals surface area contributed by atoms with E-state index >= 15 is 0 Å². The van der Waals surface area contributed by atoms with Gasteiger partial charge in [0.2, 0.25) is 12.2 Å². The topological polar surface area (TPSA) is 86.3 Å². The van der Waals surface area contributed by atoms with E-state index in [1.165, 1.54) is 6.92 Å². The molecule has 7 nitrogen and oxygen atoms in total. The van der Waals surface area contributed by atoms with Gasteiger partial charge >= 0.3 is 0 Å². The van der Waals surface area contributed by atoms with Gasteiger partial charge in [0.25, 0.3) is 0 Å². The number of amides is 1. The van der Waals surface area contributed by atoms with Gasteiger partial charge in [0.05, 0.1) is 6.61 Å². The maximum absolute atomic E-state index is 11.7. The summed E-state index contributed by atoms with van der Waals surface area (Å²) in [7, 11) is 0. The van der Waals surface area contributed by atoms with Gasteiger partial charge in [-0.15, -0.1) is 0 Å². The van der Waals surface area contributed by atoms with E-state index in [0.717, 1.165) is 10.8 Å². The average molecular weight is 387 g/mol. The largest absolute Gasteiger partial charge is 0.463 e. The zero-order chi connectivity index (χ0) is 19.9. The first-order valence-corrected chi connectivity index (χ1v) is 9.40. The van der Waals surface area contributed by atoms with Crippen molar-refractivity contribution in [3.05, 3.63) is 42.5 Å². The van der Waals surface area contributed by atoms with Crippen LogP contribution in [0, 0.1) is 0 Å². The quantitative estimate of drug-likeness (QED) is 0.837. The molecule has 0 unspecified atom stereocenters. The standard InChI is InChI=1S/C21H25NO6/c1-12(23)22-17-18(24)19-16(11-25-21(2,3)28-19)27-20(17)26-15-9-8-13-6-4-5-7-14(13)10-15/h4-10,16-20,24H,11H2,1-3H3,(H,22,23)/t16-,17+,18+,19+,20-/m1/s1. The van der Waals surface area contributed by atoms with Crippen molar-refractivity contribution in [2.24, 2.45) is 0 Å². The highest BCUT2D eigenvalue weighted by atomic mass is 16.8. The summed E-state index contributed by atoms with van der Waals surface area (Å²) < 4.78 is 23.6. The first kappa shape index (κ1) is 19.1. The minimum absolute atomic E-state index is 0.263. The van der Waals surface area contributed by atoms with Crippen molar-refractivity contribution < 1.29 is 28.8 Å². The van der Waals surface area contributed by atoms with Crippen LogP contribution in [0.1, 0.15) is 20.8 Å². The molecule has 2 aromatic rings. The molecule has 2 N–H and O–H groups in total. The number of rotatable bonds is 3. The number of fused-ring (bicyclic) bond motifs is 2. The molecule has 2 saturated heterocycles. The Kier molecular flexibility index (Phi) is 5.01. The molecular formula is C21H25NO6. The fraction of sp³-hybridized carbons (Fsp3) is 0.476. The Hall–Kier alpha value is -2.19. The molecule has 7 heteroatoms. The second kappa shape index (κ2) is 7.33. The van der Waals surface area contributed by atoms with Crippen molar-refractivity contribution in [3.8, 4) is 5.75 Å². The van der Waals surface area contributed by atoms with Crippen LogP contribution in [0.15, 0.2) is 42.5 Å². The molecular weight excluding hydrogens is 362 g/mol. The lowest BCUT2D eigenvalue weighted by atomic mass is 9.95. The Morgan fingerprint density at radius 1 is 1.21 bits per heavy atom. The van der Waals surface area contributed by atoms with Crippen LogP contribution in [0.5, 0.6) is 5.75 Å². The van der Waals surface area contributed by atoms with Gasteiger partial charge in [-0.3, -0.25) is 4.79 Å². The zero-order valence-electron chi connectivity index (χ0n) is 16.1. The lowest BCUT2D eigenvalue weighted by molar-refractivity contribution is -0.361. The van der Waals surface area contributed by atoms with Crippen molar-refractivity contribution in [1.29, 1.82) is 0 Å². The van der Waals surface area contributed by atoms with Crippen LogP contribution in [0.3, 0.4) is 0 Å². The third-order valence-electron chi connectivity index (χ3n) is 5.03. The van der Waals surface area contributed by atoms with Gasteiger partial charge in [0.1, 0.15) is 30.1 Å². The van der Waals surface area contributed by atoms with Crippen LogP contribution < -0.4 is 10.1 Å². The number of hydrogen-bond donors (Lipinski definition) is 2. The zero-order valence-corrected chi connectivity index (χ0v) is 16.1. The van der Waals surface area contributed by atoms with Crippen LogP contribution in [0.2, 0.25) is 0 Å². The summed E-state index contributed by atoms with van der Waals surface area (Å²) in [6.45, 7) is 5.21. The minimum atomic E-state index is -1.00. The number of carbonyl (C=O) groups excluding carboxylic acids is 1. The molecule has 2 aromatic carbocycles. The number of aliphatic hydroxyl groups is 1. The number of carbonyl (C=O) groups is 1. The number of hydrogen-bond acceptors (Lipinski definition) is 6. The summed E-state index contributed by atoms with van der Waals surface area (Å²) in [5.74, 6) is -0.537. The van der Waals surface area contributed by atoms with Gasteiger partial charge in [-0.25, -0.2) is 0 Å². The summed E-state index contributed by atoms with van der Waals surface area (Å²) in [4.78, 5) is 11.7. The molecule has 5 atom stereocenters. The molecule has 0 bridgehead atoms. The van der Waals surface area contributed by atoms with Crippen molar-refractivity contribution in [3.63, 3.8) is 0 Å². The maximum atomic E-state index is 11.7. The SMILES string of the molecule is CC(=O)N[C@@H]1[C@H](Oc2ccc3ccccc3c2)O[C@@H]2COC(C)(C)O[C@@H]2[C@H]1O. The number of aliphatic hydroxyl groups excluding tert-OH is 1. The van der Waals surface area contributed by atoms with Crippen LogP contribution in [0.4, 0.5) is 0 Å². The summed E-state index contributed by atoms with van der Waals surface area (Å²) in [6, 6.07) is 12.9. The maximum Gasteiger partial charge on any atom is 0.223 e. The monoisotopic (exact) mass is 387 g/mol. The summed E-state index contributed by atoms with van der Waals surface area (Å²) in [6.07, 6.45) is -3.01. The second-order valence-electron chi connectivity index (χ2n) is 7.68. The second-order valence-corrected chi connectivity index (χ2v) is 7.68. The predicted molar refractivity (Wildman–Crippen MR) is 102 cm³/mol. The molecule has 2 heterocycles. The van der Waals surface area contributed by atoms with E-state index in [9.17, 15) is 9.90 Å². The van der Waals surface area contributed by atoms with Crippen LogP contribution >= 0.6 is 0 Å². The van der Waals surface area contributed by atoms with Gasteiger partial charge in [-0.05, 0) is 36.8 Å². The molecule has 1 amide bonds. The molecule has 2 fully saturated rings. The van der Waals surface area contributed by atoms with E-state index in [4.69, 9.17) is 18.9 Å². The molecule has 2 aliphatic rings. The van der Waals surface area contributed by atoms with Crippen molar-refractivity contribution >= 4 is 16.7 Å². The first-order valence-electron chi connectivity index (χ1n) is 9.40. The summed E-state index contributed by atoms with van der Waals surface area (Å²) >= 11 is 0. The molecule has 2 aliphatic heterocycles. The normalized spacial score (nSPS) is 31.8. The van der Waals surface area contributed by atoms with Gasteiger partial charge in [0, 0.05) is 6.92 Å². The molecule has 0 aromatic heterocycles. The molecule has 150 valence electrons. The van der Waals surface area contributed by atoms with E-state index in [2.05, 4.69) is 5.32 Å². The Bertz CT molecular complexity index is 869. The highest BCUT2D eigenvalue weighted by Crippen LogP contribution is 2.33. The fourth-order valence-corrected chi connectivity index (χ4v) is 3.71. The van der Waals surface area contributed by atoms with E-state index in [1.807, 2.05) is 42.5 Å². The fourth-order valence-electron chi connectivity index (χ4n) is 3.71. The highest BCUT2D eigenvalue weighted by Gasteiger charge is 2.52. The lowest BCUT2D eigenvalue weighted by Gasteiger charge is -2.49. The number of nitrogens with one attached hydrogen (secondary N) is 1. The van der Waals surface area contributed by atoms with Crippen LogP contribution in [-0.2, 0) is 19.0 Å². The first-order chi connectivity index (χ1) is 13.3. The molecule has 0 saturated carbocycles. The Labute approximate surface area is 163 Å². The Morgan fingerprint density at radius 3 is 2.71 bits per heavy atom. The van der Waals surface area contributed by atoms with Crippen LogP contribution in [0.25, 0.3) is 10.8 Å². The van der Waals surface area contributed by atoms with Crippen LogP contribution in [-0.4, -0.2) is 54.1 Å². The van der Waals surface area contributed by atoms with Crippen molar-refractivity contribution in [1.82, 2.24) is 5.32 Å². The van der Waals surface area contributed by atoms with E-state index in [0.29, 0.717) is 5.75 Å². The Morgan fingerprint density at radius 2 is 1.96 bits per heavy atom. The Balaban J connectivity index is 1.59. The van der Waals surface area contributed by atoms with E-state index < -0.39 is 36.4 Å². The average Bonchev–Trinajstić information content (AvgIpc) is 2.65. The molecule has 0 radical (unpaired) electrons. The van der Waals surface area contributed by atoms with Crippen molar-refractivity contribution in [2.75, 3.05) is 6.61 Å². The lowest BCUT2D eigenvalue weighted by Crippen LogP contribution is -2.69. The van der Waals surface area contributed by atoms with E-state index in [-0.39, 0.29) is 12.5 Å². The van der Waals surface area contributed by atoms with Crippen molar-refractivity contribution in [2.45, 2.75) is 57.2 Å². The molecule has 0 spiro atoms. The van der Waals surface area contributed by atoms with Gasteiger partial charge in [-0.1, -0.05) is 30.3 Å². The number of benzene rings is 2. The summed E-state index contributed by atoms with van der Waals surface area (Å²) in [5, 5.41) is 15.8. The third-order valence-corrected chi connectivity index (χ3v) is 5.03. The summed E-state index contributed by atoms with van der Waals surface area (Å²) in [5.41, 5.74) is 0. The third kappa shape index (κ3) is 3.84. The van der Waals surface area contributed by atoms with Gasteiger partial charge in [-0.2, -0.15) is 0 Å². The molecule has 0 aliphatic carbocycles. The highest BCUT2D eigenvalue weighted by molar-refractivity contribution is 5.83. The van der Waals surface area contributed by atoms with Gasteiger partial charge < -0.3 is 29.4 Å². The minimum Gasteiger partial charge on any atom is -0.463 e. The smallest absolute Gasteiger partial charge is 0.223 e.